The van der Waals surface area contributed by atoms with Gasteiger partial charge in [-0.25, -0.2) is 4.11 Å². The molecule has 3 atom stereocenters. The lowest BCUT2D eigenvalue weighted by molar-refractivity contribution is -0.0425. The molecule has 0 N–H and O–H groups in total. The second kappa shape index (κ2) is 8.19. The van der Waals surface area contributed by atoms with Gasteiger partial charge in [-0.15, -0.1) is 0 Å². The minimum absolute atomic E-state index is 0.181. The van der Waals surface area contributed by atoms with Gasteiger partial charge in [0.05, 0.1) is 0 Å². The molecule has 0 aliphatic heterocycles. The van der Waals surface area contributed by atoms with Crippen molar-refractivity contribution < 1.29 is 17.4 Å². The summed E-state index contributed by atoms with van der Waals surface area (Å²) in [6.45, 7) is 11.4. The van der Waals surface area contributed by atoms with Crippen LogP contribution in [-0.2, 0) is 13.3 Å². The summed E-state index contributed by atoms with van der Waals surface area (Å²) in [5, 5.41) is 0. The van der Waals surface area contributed by atoms with Crippen molar-refractivity contribution in [1.29, 1.82) is 0 Å². The van der Waals surface area contributed by atoms with Crippen LogP contribution in [0.2, 0.25) is 0 Å². The molecular weight excluding hydrogens is 239 g/mol. The van der Waals surface area contributed by atoms with Crippen LogP contribution in [0.5, 0.6) is 0 Å². The van der Waals surface area contributed by atoms with E-state index in [4.69, 9.17) is 13.3 Å². The van der Waals surface area contributed by atoms with Crippen molar-refractivity contribution in [3.63, 3.8) is 0 Å². The molecule has 0 aliphatic carbocycles. The summed E-state index contributed by atoms with van der Waals surface area (Å²) in [6.07, 6.45) is 1.69. The maximum Gasteiger partial charge on any atom is 0.720 e. The first-order chi connectivity index (χ1) is 7.86. The summed E-state index contributed by atoms with van der Waals surface area (Å²) >= 11 is 0. The van der Waals surface area contributed by atoms with E-state index in [9.17, 15) is 4.11 Å². The van der Waals surface area contributed by atoms with Gasteiger partial charge in [0, 0.05) is 18.3 Å². The van der Waals surface area contributed by atoms with Crippen molar-refractivity contribution in [2.75, 3.05) is 0 Å². The molecule has 0 amide bonds. The lowest BCUT2D eigenvalue weighted by Gasteiger charge is -2.28. The second-order valence-electron chi connectivity index (χ2n) is 4.49. The molecule has 0 spiro atoms. The molecular formula is C12H27FO3Si. The van der Waals surface area contributed by atoms with Gasteiger partial charge >= 0.3 is 9.14 Å². The molecule has 0 aromatic heterocycles. The predicted molar refractivity (Wildman–Crippen MR) is 69.4 cm³/mol. The first-order valence-electron chi connectivity index (χ1n) is 6.59. The van der Waals surface area contributed by atoms with Crippen LogP contribution in [0.15, 0.2) is 0 Å². The third kappa shape index (κ3) is 7.13. The number of rotatable bonds is 9. The number of hydrogen-bond acceptors (Lipinski definition) is 3. The highest BCUT2D eigenvalue weighted by atomic mass is 28.4. The van der Waals surface area contributed by atoms with E-state index in [0.717, 1.165) is 19.3 Å². The van der Waals surface area contributed by atoms with E-state index in [1.165, 1.54) is 0 Å². The van der Waals surface area contributed by atoms with Crippen molar-refractivity contribution in [2.45, 2.75) is 79.1 Å². The Hall–Kier alpha value is 0.0269. The lowest BCUT2D eigenvalue weighted by Crippen LogP contribution is -2.47. The van der Waals surface area contributed by atoms with Crippen LogP contribution >= 0.6 is 0 Å². The zero-order valence-corrected chi connectivity index (χ0v) is 13.0. The Labute approximate surface area is 106 Å². The van der Waals surface area contributed by atoms with Crippen LogP contribution in [0.25, 0.3) is 0 Å². The first kappa shape index (κ1) is 17.0. The van der Waals surface area contributed by atoms with E-state index in [1.54, 1.807) is 0 Å². The van der Waals surface area contributed by atoms with Crippen LogP contribution in [0.3, 0.4) is 0 Å². The summed E-state index contributed by atoms with van der Waals surface area (Å²) in [5.74, 6) is 0. The second-order valence-corrected chi connectivity index (χ2v) is 6.16. The minimum atomic E-state index is -4.00. The molecule has 0 fully saturated rings. The Balaban J connectivity index is 4.55. The van der Waals surface area contributed by atoms with Crippen molar-refractivity contribution in [2.24, 2.45) is 0 Å². The molecule has 0 aromatic carbocycles. The average Bonchev–Trinajstić information content (AvgIpc) is 2.27. The fourth-order valence-corrected chi connectivity index (χ4v) is 3.16. The molecule has 0 aliphatic rings. The van der Waals surface area contributed by atoms with Gasteiger partial charge in [-0.3, -0.25) is 0 Å². The molecule has 104 valence electrons. The van der Waals surface area contributed by atoms with E-state index >= 15 is 0 Å². The summed E-state index contributed by atoms with van der Waals surface area (Å²) in [5.41, 5.74) is 0. The van der Waals surface area contributed by atoms with Gasteiger partial charge in [0.25, 0.3) is 0 Å². The van der Waals surface area contributed by atoms with Crippen LogP contribution in [0.4, 0.5) is 4.11 Å². The topological polar surface area (TPSA) is 27.7 Å². The molecule has 0 saturated heterocycles. The summed E-state index contributed by atoms with van der Waals surface area (Å²) in [7, 11) is -4.00. The standard InChI is InChI=1S/C12H27FO3Si/c1-7-10(4)14-17(13,15-11(5)8-2)16-12(6)9-3/h10-12H,7-9H2,1-6H3. The Bertz CT molecular complexity index is 173. The van der Waals surface area contributed by atoms with Crippen molar-refractivity contribution in [3.8, 4) is 0 Å². The molecule has 0 saturated carbocycles. The van der Waals surface area contributed by atoms with E-state index in [2.05, 4.69) is 0 Å². The van der Waals surface area contributed by atoms with E-state index in [1.807, 2.05) is 41.5 Å². The smallest absolute Gasteiger partial charge is 0.345 e. The molecule has 3 unspecified atom stereocenters. The van der Waals surface area contributed by atoms with Crippen LogP contribution in [0, 0.1) is 0 Å². The van der Waals surface area contributed by atoms with E-state index in [0.29, 0.717) is 0 Å². The van der Waals surface area contributed by atoms with E-state index < -0.39 is 9.14 Å². The van der Waals surface area contributed by atoms with Crippen molar-refractivity contribution >= 4 is 9.14 Å². The number of halogens is 1. The third-order valence-electron chi connectivity index (χ3n) is 2.75. The molecule has 0 rings (SSSR count). The van der Waals surface area contributed by atoms with Gasteiger partial charge in [0.2, 0.25) is 0 Å². The maximum absolute atomic E-state index is 14.6. The Morgan fingerprint density at radius 3 is 1.18 bits per heavy atom. The third-order valence-corrected chi connectivity index (χ3v) is 4.80. The zero-order chi connectivity index (χ0) is 13.5. The summed E-state index contributed by atoms with van der Waals surface area (Å²) in [4.78, 5) is 0. The molecule has 0 aromatic rings. The van der Waals surface area contributed by atoms with Gasteiger partial charge in [-0.2, -0.15) is 0 Å². The highest BCUT2D eigenvalue weighted by Gasteiger charge is 2.48. The number of hydrogen-bond donors (Lipinski definition) is 0. The van der Waals surface area contributed by atoms with Crippen LogP contribution in [-0.4, -0.2) is 27.5 Å². The Morgan fingerprint density at radius 2 is 1.00 bits per heavy atom. The summed E-state index contributed by atoms with van der Waals surface area (Å²) in [6, 6.07) is 0. The van der Waals surface area contributed by atoms with Gasteiger partial charge in [0.1, 0.15) is 0 Å². The average molecular weight is 266 g/mol. The quantitative estimate of drug-likeness (QED) is 0.469. The molecule has 3 nitrogen and oxygen atoms in total. The lowest BCUT2D eigenvalue weighted by atomic mass is 10.3. The minimum Gasteiger partial charge on any atom is -0.345 e. The SMILES string of the molecule is CCC(C)O[Si](F)(OC(C)CC)OC(C)CC. The largest absolute Gasteiger partial charge is 0.720 e. The van der Waals surface area contributed by atoms with Crippen molar-refractivity contribution in [3.05, 3.63) is 0 Å². The molecule has 5 heteroatoms. The first-order valence-corrected chi connectivity index (χ1v) is 8.19. The van der Waals surface area contributed by atoms with Crippen LogP contribution in [0.1, 0.15) is 60.8 Å². The molecule has 0 radical (unpaired) electrons. The van der Waals surface area contributed by atoms with E-state index in [-0.39, 0.29) is 18.3 Å². The summed E-state index contributed by atoms with van der Waals surface area (Å²) < 4.78 is 30.7. The highest BCUT2D eigenvalue weighted by Crippen LogP contribution is 2.21. The monoisotopic (exact) mass is 266 g/mol. The Morgan fingerprint density at radius 1 is 0.765 bits per heavy atom. The maximum atomic E-state index is 14.6. The van der Waals surface area contributed by atoms with Gasteiger partial charge < -0.3 is 13.3 Å². The fraction of sp³-hybridized carbons (Fsp3) is 1.00. The van der Waals surface area contributed by atoms with Gasteiger partial charge in [-0.1, -0.05) is 20.8 Å². The molecule has 0 heterocycles. The van der Waals surface area contributed by atoms with Crippen molar-refractivity contribution in [1.82, 2.24) is 0 Å². The van der Waals surface area contributed by atoms with Crippen LogP contribution < -0.4 is 0 Å². The van der Waals surface area contributed by atoms with Gasteiger partial charge in [-0.05, 0) is 40.0 Å². The predicted octanol–water partition coefficient (Wildman–Crippen LogP) is 3.84. The molecule has 0 bridgehead atoms. The zero-order valence-electron chi connectivity index (χ0n) is 12.0. The normalized spacial score (nSPS) is 20.6. The van der Waals surface area contributed by atoms with Gasteiger partial charge in [0.15, 0.2) is 0 Å². The Kier molecular flexibility index (Phi) is 8.20. The highest BCUT2D eigenvalue weighted by molar-refractivity contribution is 6.52. The molecule has 17 heavy (non-hydrogen) atoms. The fourth-order valence-electron chi connectivity index (χ4n) is 1.05.